The Morgan fingerprint density at radius 3 is 2.32 bits per heavy atom. The van der Waals surface area contributed by atoms with Crippen LogP contribution < -0.4 is 26.0 Å². The number of nitrogens with zero attached hydrogens (tertiary/aromatic N) is 4. The van der Waals surface area contributed by atoms with Gasteiger partial charge < -0.3 is 10.1 Å². The van der Waals surface area contributed by atoms with Crippen molar-refractivity contribution in [3.05, 3.63) is 105 Å². The van der Waals surface area contributed by atoms with Crippen LogP contribution in [0.2, 0.25) is 5.02 Å². The normalized spacial score (nSPS) is 11.6. The smallest absolute Gasteiger partial charge is 0.332 e. The lowest BCUT2D eigenvalue weighted by Gasteiger charge is -2.24. The second kappa shape index (κ2) is 11.9. The number of halogens is 1. The minimum absolute atomic E-state index is 0.0719. The minimum Gasteiger partial charge on any atom is -0.438 e. The standard InChI is InChI=1S/C27H27ClN6O6S/c1-27(2,25(36)32-41(3,38)39)17-34-24(35)14-22(33(26(34)37)16-18-4-6-19(28)7-5-18)31-20-8-10-21(11-9-20)40-23-15-29-12-13-30-23/h4-15,31H,16-17H2,1-3H3,(H,32,36). The molecule has 41 heavy (non-hydrogen) atoms. The van der Waals surface area contributed by atoms with Crippen molar-refractivity contribution in [2.24, 2.45) is 5.41 Å². The first-order valence-electron chi connectivity index (χ1n) is 12.2. The number of sulfonamides is 1. The second-order valence-electron chi connectivity index (χ2n) is 9.83. The Bertz CT molecular complexity index is 1770. The molecule has 1 amide bonds. The van der Waals surface area contributed by atoms with E-state index in [0.717, 1.165) is 16.4 Å². The summed E-state index contributed by atoms with van der Waals surface area (Å²) in [6.07, 6.45) is 5.36. The SMILES string of the molecule is CC(C)(Cn1c(=O)cc(Nc2ccc(Oc3cnccn3)cc2)n(Cc2ccc(Cl)cc2)c1=O)C(=O)NS(C)(=O)=O. The molecule has 2 N–H and O–H groups in total. The molecule has 0 aliphatic carbocycles. The van der Waals surface area contributed by atoms with Crippen LogP contribution in [0.3, 0.4) is 0 Å². The molecule has 0 aliphatic heterocycles. The van der Waals surface area contributed by atoms with Crippen molar-refractivity contribution in [1.29, 1.82) is 0 Å². The number of ether oxygens (including phenoxy) is 1. The summed E-state index contributed by atoms with van der Waals surface area (Å²) in [6, 6.07) is 14.9. The first-order valence-corrected chi connectivity index (χ1v) is 14.5. The van der Waals surface area contributed by atoms with Gasteiger partial charge in [0.05, 0.1) is 24.4 Å². The number of hydrogen-bond donors (Lipinski definition) is 2. The van der Waals surface area contributed by atoms with Crippen LogP contribution in [0.1, 0.15) is 19.4 Å². The molecule has 4 rings (SSSR count). The molecule has 0 saturated heterocycles. The molecule has 0 spiro atoms. The lowest BCUT2D eigenvalue weighted by Crippen LogP contribution is -2.48. The largest absolute Gasteiger partial charge is 0.438 e. The minimum atomic E-state index is -3.84. The fourth-order valence-electron chi connectivity index (χ4n) is 3.78. The molecule has 0 radical (unpaired) electrons. The van der Waals surface area contributed by atoms with Crippen molar-refractivity contribution >= 4 is 39.0 Å². The molecule has 2 aromatic carbocycles. The van der Waals surface area contributed by atoms with E-state index < -0.39 is 32.6 Å². The third-order valence-corrected chi connectivity index (χ3v) is 6.68. The van der Waals surface area contributed by atoms with Crippen LogP contribution in [-0.2, 0) is 27.9 Å². The number of hydrogen-bond acceptors (Lipinski definition) is 9. The highest BCUT2D eigenvalue weighted by molar-refractivity contribution is 7.89. The predicted molar refractivity (Wildman–Crippen MR) is 154 cm³/mol. The lowest BCUT2D eigenvalue weighted by atomic mass is 9.92. The maximum absolute atomic E-state index is 13.7. The first kappa shape index (κ1) is 29.5. The maximum atomic E-state index is 13.7. The van der Waals surface area contributed by atoms with Gasteiger partial charge in [-0.2, -0.15) is 0 Å². The van der Waals surface area contributed by atoms with Gasteiger partial charge in [-0.25, -0.2) is 18.2 Å². The molecule has 214 valence electrons. The molecule has 12 nitrogen and oxygen atoms in total. The van der Waals surface area contributed by atoms with Gasteiger partial charge in [-0.3, -0.25) is 28.4 Å². The third kappa shape index (κ3) is 7.80. The first-order chi connectivity index (χ1) is 19.3. The zero-order chi connectivity index (χ0) is 29.8. The average Bonchev–Trinajstić information content (AvgIpc) is 2.90. The summed E-state index contributed by atoms with van der Waals surface area (Å²) in [4.78, 5) is 47.5. The molecular weight excluding hydrogens is 572 g/mol. The molecular formula is C27H27ClN6O6S. The summed E-state index contributed by atoms with van der Waals surface area (Å²) in [5, 5.41) is 3.62. The highest BCUT2D eigenvalue weighted by Crippen LogP contribution is 2.23. The van der Waals surface area contributed by atoms with Gasteiger partial charge in [-0.1, -0.05) is 23.7 Å². The van der Waals surface area contributed by atoms with E-state index in [0.29, 0.717) is 22.3 Å². The maximum Gasteiger partial charge on any atom is 0.332 e. The monoisotopic (exact) mass is 598 g/mol. The van der Waals surface area contributed by atoms with Crippen molar-refractivity contribution in [2.45, 2.75) is 26.9 Å². The number of carbonyl (C=O) groups is 1. The molecule has 2 heterocycles. The van der Waals surface area contributed by atoms with Gasteiger partial charge in [0, 0.05) is 35.7 Å². The van der Waals surface area contributed by atoms with E-state index in [4.69, 9.17) is 16.3 Å². The Balaban J connectivity index is 1.68. The number of nitrogens with one attached hydrogen (secondary N) is 2. The summed E-state index contributed by atoms with van der Waals surface area (Å²) in [5.74, 6) is 0.176. The molecule has 0 bridgehead atoms. The number of aromatic nitrogens is 4. The molecule has 0 atom stereocenters. The summed E-state index contributed by atoms with van der Waals surface area (Å²) in [5.41, 5.74) is -1.49. The van der Waals surface area contributed by atoms with Crippen LogP contribution in [0.5, 0.6) is 11.6 Å². The zero-order valence-electron chi connectivity index (χ0n) is 22.4. The van der Waals surface area contributed by atoms with E-state index in [-0.39, 0.29) is 18.9 Å². The van der Waals surface area contributed by atoms with Crippen LogP contribution in [0.25, 0.3) is 0 Å². The highest BCUT2D eigenvalue weighted by Gasteiger charge is 2.32. The van der Waals surface area contributed by atoms with E-state index in [1.54, 1.807) is 48.5 Å². The van der Waals surface area contributed by atoms with Crippen molar-refractivity contribution in [1.82, 2.24) is 23.8 Å². The van der Waals surface area contributed by atoms with Crippen LogP contribution in [0, 0.1) is 5.41 Å². The molecule has 0 aliphatic rings. The van der Waals surface area contributed by atoms with E-state index in [1.807, 2.05) is 4.72 Å². The average molecular weight is 599 g/mol. The van der Waals surface area contributed by atoms with Gasteiger partial charge in [0.25, 0.3) is 5.56 Å². The molecule has 0 unspecified atom stereocenters. The van der Waals surface area contributed by atoms with Crippen LogP contribution >= 0.6 is 11.6 Å². The summed E-state index contributed by atoms with van der Waals surface area (Å²) >= 11 is 6.02. The van der Waals surface area contributed by atoms with Crippen molar-refractivity contribution in [2.75, 3.05) is 11.6 Å². The third-order valence-electron chi connectivity index (χ3n) is 5.87. The van der Waals surface area contributed by atoms with E-state index in [2.05, 4.69) is 15.3 Å². The van der Waals surface area contributed by atoms with Crippen LogP contribution in [0.15, 0.2) is 82.8 Å². The summed E-state index contributed by atoms with van der Waals surface area (Å²) in [7, 11) is -3.84. The Labute approximate surface area is 240 Å². The van der Waals surface area contributed by atoms with E-state index in [1.165, 1.54) is 43.1 Å². The molecule has 14 heteroatoms. The Kier molecular flexibility index (Phi) is 8.59. The molecule has 0 fully saturated rings. The van der Waals surface area contributed by atoms with Gasteiger partial charge in [-0.15, -0.1) is 0 Å². The van der Waals surface area contributed by atoms with Gasteiger partial charge in [0.1, 0.15) is 11.6 Å². The van der Waals surface area contributed by atoms with Gasteiger partial charge >= 0.3 is 5.69 Å². The Hall–Kier alpha value is -4.49. The lowest BCUT2D eigenvalue weighted by molar-refractivity contribution is -0.128. The van der Waals surface area contributed by atoms with Crippen LogP contribution in [-0.4, -0.2) is 39.7 Å². The van der Waals surface area contributed by atoms with Gasteiger partial charge in [-0.05, 0) is 55.8 Å². The van der Waals surface area contributed by atoms with E-state index in [9.17, 15) is 22.8 Å². The van der Waals surface area contributed by atoms with Crippen molar-refractivity contribution in [3.8, 4) is 11.6 Å². The number of anilines is 2. The number of benzene rings is 2. The van der Waals surface area contributed by atoms with Crippen LogP contribution in [0.4, 0.5) is 11.5 Å². The van der Waals surface area contributed by atoms with Crippen molar-refractivity contribution in [3.63, 3.8) is 0 Å². The molecule has 0 saturated carbocycles. The predicted octanol–water partition coefficient (Wildman–Crippen LogP) is 3.14. The van der Waals surface area contributed by atoms with E-state index >= 15 is 0 Å². The molecule has 2 aromatic heterocycles. The van der Waals surface area contributed by atoms with Gasteiger partial charge in [0.2, 0.25) is 21.8 Å². The fourth-order valence-corrected chi connectivity index (χ4v) is 4.52. The molecule has 4 aromatic rings. The quantitative estimate of drug-likeness (QED) is 0.280. The van der Waals surface area contributed by atoms with Gasteiger partial charge in [0.15, 0.2) is 0 Å². The second-order valence-corrected chi connectivity index (χ2v) is 12.0. The topological polar surface area (TPSA) is 154 Å². The number of rotatable bonds is 10. The number of carbonyl (C=O) groups excluding carboxylic acids is 1. The zero-order valence-corrected chi connectivity index (χ0v) is 23.9. The Morgan fingerprint density at radius 1 is 1.02 bits per heavy atom. The number of amides is 1. The summed E-state index contributed by atoms with van der Waals surface area (Å²) in [6.45, 7) is 2.60. The summed E-state index contributed by atoms with van der Waals surface area (Å²) < 4.78 is 33.0. The van der Waals surface area contributed by atoms with Crippen molar-refractivity contribution < 1.29 is 17.9 Å². The fraction of sp³-hybridized carbons (Fsp3) is 0.222. The highest BCUT2D eigenvalue weighted by atomic mass is 35.5. The Morgan fingerprint density at radius 2 is 1.71 bits per heavy atom.